The summed E-state index contributed by atoms with van der Waals surface area (Å²) < 4.78 is 22.3. The van der Waals surface area contributed by atoms with Crippen LogP contribution in [0.5, 0.6) is 0 Å². The SMILES string of the molecule is CC(C)(CNC1C=CCCC1)S(C)(=O)=O. The van der Waals surface area contributed by atoms with Crippen LogP contribution in [0.2, 0.25) is 0 Å². The van der Waals surface area contributed by atoms with Crippen molar-refractivity contribution in [3.8, 4) is 0 Å². The molecule has 0 saturated heterocycles. The van der Waals surface area contributed by atoms with Crippen LogP contribution in [0.25, 0.3) is 0 Å². The Balaban J connectivity index is 2.49. The summed E-state index contributed by atoms with van der Waals surface area (Å²) in [5.74, 6) is 0. The number of hydrogen-bond donors (Lipinski definition) is 1. The maximum Gasteiger partial charge on any atom is 0.153 e. The van der Waals surface area contributed by atoms with E-state index in [0.29, 0.717) is 12.6 Å². The van der Waals surface area contributed by atoms with Gasteiger partial charge in [-0.05, 0) is 33.1 Å². The standard InChI is InChI=1S/C11H21NO2S/c1-11(2,15(3,13)14)9-12-10-7-5-4-6-8-10/h5,7,10,12H,4,6,8-9H2,1-3H3. The van der Waals surface area contributed by atoms with Crippen molar-refractivity contribution in [2.45, 2.75) is 43.9 Å². The molecular formula is C11H21NO2S. The lowest BCUT2D eigenvalue weighted by molar-refractivity contribution is 0.471. The number of sulfone groups is 1. The predicted octanol–water partition coefficient (Wildman–Crippen LogP) is 1.51. The van der Waals surface area contributed by atoms with E-state index in [1.165, 1.54) is 12.7 Å². The molecule has 0 aromatic rings. The topological polar surface area (TPSA) is 46.2 Å². The van der Waals surface area contributed by atoms with Gasteiger partial charge < -0.3 is 5.32 Å². The molecule has 0 aromatic carbocycles. The molecule has 1 N–H and O–H groups in total. The average molecular weight is 231 g/mol. The lowest BCUT2D eigenvalue weighted by atomic mass is 10.0. The molecule has 1 aliphatic carbocycles. The van der Waals surface area contributed by atoms with Crippen molar-refractivity contribution in [1.29, 1.82) is 0 Å². The molecule has 1 aliphatic rings. The van der Waals surface area contributed by atoms with Crippen LogP contribution in [-0.4, -0.2) is 32.0 Å². The van der Waals surface area contributed by atoms with Gasteiger partial charge in [-0.3, -0.25) is 0 Å². The lowest BCUT2D eigenvalue weighted by Gasteiger charge is -2.26. The first-order valence-electron chi connectivity index (χ1n) is 5.42. The van der Waals surface area contributed by atoms with E-state index >= 15 is 0 Å². The van der Waals surface area contributed by atoms with Crippen LogP contribution in [0.1, 0.15) is 33.1 Å². The van der Waals surface area contributed by atoms with Crippen LogP contribution in [0, 0.1) is 0 Å². The zero-order valence-electron chi connectivity index (χ0n) is 9.79. The van der Waals surface area contributed by atoms with Gasteiger partial charge in [-0.2, -0.15) is 0 Å². The Hall–Kier alpha value is -0.350. The molecule has 3 nitrogen and oxygen atoms in total. The van der Waals surface area contributed by atoms with Crippen molar-refractivity contribution in [2.24, 2.45) is 0 Å². The molecule has 0 heterocycles. The third-order valence-electron chi connectivity index (χ3n) is 3.05. The zero-order valence-corrected chi connectivity index (χ0v) is 10.6. The molecule has 0 spiro atoms. The summed E-state index contributed by atoms with van der Waals surface area (Å²) in [6, 6.07) is 0.347. The largest absolute Gasteiger partial charge is 0.309 e. The van der Waals surface area contributed by atoms with Crippen LogP contribution in [0.4, 0.5) is 0 Å². The number of nitrogens with one attached hydrogen (secondary N) is 1. The summed E-state index contributed by atoms with van der Waals surface area (Å²) >= 11 is 0. The van der Waals surface area contributed by atoms with Crippen LogP contribution >= 0.6 is 0 Å². The highest BCUT2D eigenvalue weighted by atomic mass is 32.2. The Bertz CT molecular complexity index is 330. The Morgan fingerprint density at radius 1 is 1.47 bits per heavy atom. The molecule has 4 heteroatoms. The van der Waals surface area contributed by atoms with E-state index < -0.39 is 14.6 Å². The molecule has 0 aromatic heterocycles. The van der Waals surface area contributed by atoms with Gasteiger partial charge in [0.05, 0.1) is 4.75 Å². The fraction of sp³-hybridized carbons (Fsp3) is 0.818. The van der Waals surface area contributed by atoms with Gasteiger partial charge in [-0.1, -0.05) is 12.2 Å². The Morgan fingerprint density at radius 3 is 2.60 bits per heavy atom. The van der Waals surface area contributed by atoms with Gasteiger partial charge in [0.2, 0.25) is 0 Å². The number of rotatable bonds is 4. The summed E-state index contributed by atoms with van der Waals surface area (Å²) in [6.07, 6.45) is 9.04. The van der Waals surface area contributed by atoms with Crippen LogP contribution in [-0.2, 0) is 9.84 Å². The Kier molecular flexibility index (Phi) is 3.95. The summed E-state index contributed by atoms with van der Waals surface area (Å²) in [7, 11) is -2.99. The second-order valence-corrected chi connectivity index (χ2v) is 7.53. The van der Waals surface area contributed by atoms with Crippen LogP contribution in [0.15, 0.2) is 12.2 Å². The zero-order chi connectivity index (χ0) is 11.5. The molecule has 0 saturated carbocycles. The molecule has 1 atom stereocenters. The van der Waals surface area contributed by atoms with Crippen molar-refractivity contribution >= 4 is 9.84 Å². The molecule has 0 aliphatic heterocycles. The molecule has 0 bridgehead atoms. The third-order valence-corrected chi connectivity index (χ3v) is 5.20. The summed E-state index contributed by atoms with van der Waals surface area (Å²) in [4.78, 5) is 0. The van der Waals surface area contributed by atoms with E-state index in [0.717, 1.165) is 12.8 Å². The molecular weight excluding hydrogens is 210 g/mol. The highest BCUT2D eigenvalue weighted by Crippen LogP contribution is 2.16. The molecule has 15 heavy (non-hydrogen) atoms. The van der Waals surface area contributed by atoms with Crippen molar-refractivity contribution in [1.82, 2.24) is 5.32 Å². The second-order valence-electron chi connectivity index (χ2n) is 4.88. The fourth-order valence-electron chi connectivity index (χ4n) is 1.49. The summed E-state index contributed by atoms with van der Waals surface area (Å²) in [5.41, 5.74) is 0. The van der Waals surface area contributed by atoms with Crippen LogP contribution in [0.3, 0.4) is 0 Å². The molecule has 0 amide bonds. The lowest BCUT2D eigenvalue weighted by Crippen LogP contribution is -2.45. The van der Waals surface area contributed by atoms with E-state index in [1.807, 2.05) is 0 Å². The molecule has 1 unspecified atom stereocenters. The molecule has 0 radical (unpaired) electrons. The normalized spacial score (nSPS) is 23.0. The molecule has 88 valence electrons. The summed E-state index contributed by atoms with van der Waals surface area (Å²) in [6.45, 7) is 4.05. The minimum Gasteiger partial charge on any atom is -0.309 e. The van der Waals surface area contributed by atoms with E-state index in [9.17, 15) is 8.42 Å². The Morgan fingerprint density at radius 2 is 2.13 bits per heavy atom. The van der Waals surface area contributed by atoms with E-state index in [1.54, 1.807) is 13.8 Å². The average Bonchev–Trinajstić information content (AvgIpc) is 2.15. The van der Waals surface area contributed by atoms with E-state index in [4.69, 9.17) is 0 Å². The van der Waals surface area contributed by atoms with Gasteiger partial charge in [0.1, 0.15) is 0 Å². The quantitative estimate of drug-likeness (QED) is 0.746. The van der Waals surface area contributed by atoms with E-state index in [-0.39, 0.29) is 0 Å². The number of allylic oxidation sites excluding steroid dienone is 1. The second kappa shape index (κ2) is 4.66. The van der Waals surface area contributed by atoms with Gasteiger partial charge >= 0.3 is 0 Å². The Labute approximate surface area is 92.9 Å². The van der Waals surface area contributed by atoms with Gasteiger partial charge in [-0.15, -0.1) is 0 Å². The molecule has 1 rings (SSSR count). The van der Waals surface area contributed by atoms with Crippen molar-refractivity contribution in [3.05, 3.63) is 12.2 Å². The predicted molar refractivity (Wildman–Crippen MR) is 63.7 cm³/mol. The smallest absolute Gasteiger partial charge is 0.153 e. The first-order valence-corrected chi connectivity index (χ1v) is 7.32. The minimum atomic E-state index is -2.99. The van der Waals surface area contributed by atoms with Crippen LogP contribution < -0.4 is 5.32 Å². The first-order chi connectivity index (χ1) is 6.83. The van der Waals surface area contributed by atoms with Gasteiger partial charge in [0.25, 0.3) is 0 Å². The van der Waals surface area contributed by atoms with Gasteiger partial charge in [0.15, 0.2) is 9.84 Å². The van der Waals surface area contributed by atoms with Crippen molar-refractivity contribution in [3.63, 3.8) is 0 Å². The number of hydrogen-bond acceptors (Lipinski definition) is 3. The van der Waals surface area contributed by atoms with Gasteiger partial charge in [0, 0.05) is 18.8 Å². The minimum absolute atomic E-state index is 0.347. The monoisotopic (exact) mass is 231 g/mol. The highest BCUT2D eigenvalue weighted by molar-refractivity contribution is 7.92. The third kappa shape index (κ3) is 3.61. The van der Waals surface area contributed by atoms with E-state index in [2.05, 4.69) is 17.5 Å². The van der Waals surface area contributed by atoms with Crippen molar-refractivity contribution in [2.75, 3.05) is 12.8 Å². The highest BCUT2D eigenvalue weighted by Gasteiger charge is 2.30. The van der Waals surface area contributed by atoms with Crippen molar-refractivity contribution < 1.29 is 8.42 Å². The maximum atomic E-state index is 11.5. The van der Waals surface area contributed by atoms with Gasteiger partial charge in [-0.25, -0.2) is 8.42 Å². The maximum absolute atomic E-state index is 11.5. The first kappa shape index (κ1) is 12.7. The molecule has 0 fully saturated rings. The summed E-state index contributed by atoms with van der Waals surface area (Å²) in [5, 5.41) is 3.30. The fourth-order valence-corrected chi connectivity index (χ4v) is 1.84.